The van der Waals surface area contributed by atoms with E-state index in [0.29, 0.717) is 54.4 Å². The van der Waals surface area contributed by atoms with E-state index < -0.39 is 11.7 Å². The molecule has 0 saturated heterocycles. The zero-order chi connectivity index (χ0) is 24.8. The molecule has 0 spiro atoms. The average Bonchev–Trinajstić information content (AvgIpc) is 2.85. The predicted octanol–water partition coefficient (Wildman–Crippen LogP) is 6.61. The minimum atomic E-state index is -0.762. The van der Waals surface area contributed by atoms with Crippen LogP contribution in [-0.2, 0) is 13.0 Å². The molecule has 0 amide bonds. The molecule has 1 aliphatic heterocycles. The Hall–Kier alpha value is -3.44. The summed E-state index contributed by atoms with van der Waals surface area (Å²) in [4.78, 5) is 0. The van der Waals surface area contributed by atoms with Gasteiger partial charge in [0.05, 0.1) is 18.3 Å². The normalized spacial score (nSPS) is 14.6. The van der Waals surface area contributed by atoms with Crippen molar-refractivity contribution >= 4 is 6.08 Å². The van der Waals surface area contributed by atoms with E-state index in [9.17, 15) is 10.2 Å². The Bertz CT molecular complexity index is 1170. The lowest BCUT2D eigenvalue weighted by Crippen LogP contribution is -2.27. The van der Waals surface area contributed by atoms with E-state index in [-0.39, 0.29) is 5.75 Å². The smallest absolute Gasteiger partial charge is 0.131 e. The van der Waals surface area contributed by atoms with Crippen LogP contribution in [0.2, 0.25) is 0 Å². The third kappa shape index (κ3) is 6.17. The van der Waals surface area contributed by atoms with Crippen LogP contribution in [0.1, 0.15) is 62.0 Å². The molecule has 3 aromatic carbocycles. The number of aliphatic hydroxyl groups excluding tert-OH is 1. The second kappa shape index (κ2) is 10.9. The van der Waals surface area contributed by atoms with E-state index >= 15 is 0 Å². The molecule has 1 atom stereocenters. The fourth-order valence-corrected chi connectivity index (χ4v) is 4.10. The summed E-state index contributed by atoms with van der Waals surface area (Å²) in [6.45, 7) is 7.02. The maximum absolute atomic E-state index is 11.1. The van der Waals surface area contributed by atoms with Crippen molar-refractivity contribution in [1.82, 2.24) is 0 Å². The molecule has 0 fully saturated rings. The largest absolute Gasteiger partial charge is 0.507 e. The summed E-state index contributed by atoms with van der Waals surface area (Å²) in [7, 11) is 0. The van der Waals surface area contributed by atoms with Gasteiger partial charge in [-0.05, 0) is 74.6 Å². The van der Waals surface area contributed by atoms with Crippen molar-refractivity contribution in [3.05, 3.63) is 89.0 Å². The van der Waals surface area contributed by atoms with Crippen molar-refractivity contribution in [3.63, 3.8) is 0 Å². The van der Waals surface area contributed by atoms with Crippen LogP contribution in [0, 0.1) is 0 Å². The molecule has 1 aliphatic rings. The quantitative estimate of drug-likeness (QED) is 0.346. The van der Waals surface area contributed by atoms with Crippen molar-refractivity contribution in [2.45, 2.75) is 58.3 Å². The number of fused-ring (bicyclic) bond motifs is 1. The predicted molar refractivity (Wildman–Crippen MR) is 138 cm³/mol. The average molecular weight is 475 g/mol. The molecule has 0 saturated carbocycles. The monoisotopic (exact) mass is 474 g/mol. The highest BCUT2D eigenvalue weighted by molar-refractivity contribution is 5.68. The molecule has 0 radical (unpaired) electrons. The minimum Gasteiger partial charge on any atom is -0.507 e. The molecule has 5 nitrogen and oxygen atoms in total. The summed E-state index contributed by atoms with van der Waals surface area (Å²) in [5.74, 6) is 2.18. The molecular weight excluding hydrogens is 440 g/mol. The van der Waals surface area contributed by atoms with E-state index in [1.807, 2.05) is 86.7 Å². The summed E-state index contributed by atoms with van der Waals surface area (Å²) in [5, 5.41) is 21.9. The van der Waals surface area contributed by atoms with Gasteiger partial charge in [-0.2, -0.15) is 0 Å². The van der Waals surface area contributed by atoms with Crippen LogP contribution in [-0.4, -0.2) is 22.4 Å². The van der Waals surface area contributed by atoms with E-state index in [1.54, 1.807) is 0 Å². The zero-order valence-corrected chi connectivity index (χ0v) is 20.7. The fourth-order valence-electron chi connectivity index (χ4n) is 4.10. The maximum Gasteiger partial charge on any atom is 0.131 e. The number of hydrogen-bond acceptors (Lipinski definition) is 5. The molecule has 1 unspecified atom stereocenters. The SMILES string of the molecule is CCCOc1ccc(C(O)CCc2ccc3c(c2O)C=CC(C)(C)O3)c(OCc2ccccc2)c1. The molecule has 35 heavy (non-hydrogen) atoms. The summed E-state index contributed by atoms with van der Waals surface area (Å²) >= 11 is 0. The zero-order valence-electron chi connectivity index (χ0n) is 20.7. The van der Waals surface area contributed by atoms with Crippen molar-refractivity contribution in [2.24, 2.45) is 0 Å². The van der Waals surface area contributed by atoms with Gasteiger partial charge in [-0.25, -0.2) is 0 Å². The Labute approximate surface area is 207 Å². The van der Waals surface area contributed by atoms with Crippen LogP contribution in [0.25, 0.3) is 6.08 Å². The van der Waals surface area contributed by atoms with Gasteiger partial charge in [0.25, 0.3) is 0 Å². The fraction of sp³-hybridized carbons (Fsp3) is 0.333. The van der Waals surface area contributed by atoms with Gasteiger partial charge in [0, 0.05) is 11.6 Å². The van der Waals surface area contributed by atoms with Gasteiger partial charge in [-0.15, -0.1) is 0 Å². The Balaban J connectivity index is 1.50. The number of aliphatic hydroxyl groups is 1. The van der Waals surface area contributed by atoms with E-state index in [2.05, 4.69) is 6.92 Å². The second-order valence-electron chi connectivity index (χ2n) is 9.40. The first-order chi connectivity index (χ1) is 16.9. The molecule has 4 rings (SSSR count). The Morgan fingerprint density at radius 2 is 1.80 bits per heavy atom. The number of rotatable bonds is 10. The summed E-state index contributed by atoms with van der Waals surface area (Å²) < 4.78 is 17.8. The molecule has 3 aromatic rings. The summed E-state index contributed by atoms with van der Waals surface area (Å²) in [6.07, 6.45) is 4.92. The van der Waals surface area contributed by atoms with Crippen LogP contribution in [0.4, 0.5) is 0 Å². The van der Waals surface area contributed by atoms with Gasteiger partial charge in [-0.3, -0.25) is 0 Å². The molecule has 1 heterocycles. The highest BCUT2D eigenvalue weighted by Crippen LogP contribution is 2.40. The van der Waals surface area contributed by atoms with Crippen molar-refractivity contribution in [3.8, 4) is 23.0 Å². The first kappa shape index (κ1) is 24.7. The Kier molecular flexibility index (Phi) is 7.67. The Morgan fingerprint density at radius 3 is 2.57 bits per heavy atom. The van der Waals surface area contributed by atoms with Gasteiger partial charge < -0.3 is 24.4 Å². The molecule has 5 heteroatoms. The topological polar surface area (TPSA) is 68.2 Å². The number of hydrogen-bond donors (Lipinski definition) is 2. The van der Waals surface area contributed by atoms with Gasteiger partial charge >= 0.3 is 0 Å². The first-order valence-corrected chi connectivity index (χ1v) is 12.2. The maximum atomic E-state index is 11.1. The summed E-state index contributed by atoms with van der Waals surface area (Å²) in [6, 6.07) is 19.3. The van der Waals surface area contributed by atoms with Crippen molar-refractivity contribution < 1.29 is 24.4 Å². The van der Waals surface area contributed by atoms with Crippen LogP contribution >= 0.6 is 0 Å². The first-order valence-electron chi connectivity index (χ1n) is 12.2. The van der Waals surface area contributed by atoms with E-state index in [1.165, 1.54) is 0 Å². The number of phenolic OH excluding ortho intramolecular Hbond substituents is 1. The number of aromatic hydroxyl groups is 1. The lowest BCUT2D eigenvalue weighted by molar-refractivity contribution is 0.157. The van der Waals surface area contributed by atoms with Crippen LogP contribution in [0.3, 0.4) is 0 Å². The van der Waals surface area contributed by atoms with Crippen molar-refractivity contribution in [2.75, 3.05) is 6.61 Å². The van der Waals surface area contributed by atoms with Crippen LogP contribution in [0.15, 0.2) is 66.7 Å². The van der Waals surface area contributed by atoms with Gasteiger partial charge in [0.15, 0.2) is 0 Å². The number of aryl methyl sites for hydroxylation is 1. The second-order valence-corrected chi connectivity index (χ2v) is 9.40. The van der Waals surface area contributed by atoms with Gasteiger partial charge in [0.1, 0.15) is 35.2 Å². The Morgan fingerprint density at radius 1 is 1.00 bits per heavy atom. The van der Waals surface area contributed by atoms with Gasteiger partial charge in [0.2, 0.25) is 0 Å². The van der Waals surface area contributed by atoms with E-state index in [4.69, 9.17) is 14.2 Å². The lowest BCUT2D eigenvalue weighted by Gasteiger charge is -2.28. The molecule has 184 valence electrons. The number of phenols is 1. The third-order valence-electron chi connectivity index (χ3n) is 6.03. The van der Waals surface area contributed by atoms with Crippen LogP contribution in [0.5, 0.6) is 23.0 Å². The van der Waals surface area contributed by atoms with Gasteiger partial charge in [-0.1, -0.05) is 43.3 Å². The standard InChI is InChI=1S/C30H34O5/c1-4-18-33-23-12-13-24(28(19-23)34-20-21-8-6-5-7-9-21)26(31)14-10-22-11-15-27-25(29(22)32)16-17-30(2,3)35-27/h5-9,11-13,15-17,19,26,31-32H,4,10,14,18,20H2,1-3H3. The lowest BCUT2D eigenvalue weighted by atomic mass is 9.96. The van der Waals surface area contributed by atoms with E-state index in [0.717, 1.165) is 17.5 Å². The number of benzene rings is 3. The molecule has 0 bridgehead atoms. The highest BCUT2D eigenvalue weighted by atomic mass is 16.5. The molecule has 0 aliphatic carbocycles. The highest BCUT2D eigenvalue weighted by Gasteiger charge is 2.25. The summed E-state index contributed by atoms with van der Waals surface area (Å²) in [5.41, 5.74) is 2.80. The van der Waals surface area contributed by atoms with Crippen molar-refractivity contribution in [1.29, 1.82) is 0 Å². The van der Waals surface area contributed by atoms with Crippen LogP contribution < -0.4 is 14.2 Å². The molecular formula is C30H34O5. The number of ether oxygens (including phenoxy) is 3. The minimum absolute atomic E-state index is 0.199. The third-order valence-corrected chi connectivity index (χ3v) is 6.03. The molecule has 2 N–H and O–H groups in total. The molecule has 0 aromatic heterocycles.